The van der Waals surface area contributed by atoms with Crippen LogP contribution in [0.1, 0.15) is 26.3 Å². The van der Waals surface area contributed by atoms with Gasteiger partial charge in [-0.25, -0.2) is 18.7 Å². The number of halogens is 2. The van der Waals surface area contributed by atoms with E-state index in [0.717, 1.165) is 6.92 Å². The minimum absolute atomic E-state index is 0.159. The number of nitrogens with two attached hydrogens (primary N) is 1. The van der Waals surface area contributed by atoms with Crippen LogP contribution in [-0.2, 0) is 5.92 Å². The van der Waals surface area contributed by atoms with Crippen LogP contribution in [0.4, 0.5) is 14.6 Å². The standard InChI is InChI=1S/C20H25F2N7/c1-12(2)20(23)11-29(10-9-25-20)15-7-6-14(19(3,21)22)17(26-15)16-13-5-4-8-24-18(13)28-27-16/h4-8,12,25H,9-11,23H2,1-3H3,(H,24,27,28)/t20-/m1/s1. The topological polar surface area (TPSA) is 95.8 Å². The summed E-state index contributed by atoms with van der Waals surface area (Å²) in [5.74, 6) is -2.25. The van der Waals surface area contributed by atoms with Crippen LogP contribution >= 0.6 is 0 Å². The van der Waals surface area contributed by atoms with Crippen LogP contribution < -0.4 is 16.0 Å². The van der Waals surface area contributed by atoms with Crippen molar-refractivity contribution in [1.29, 1.82) is 0 Å². The molecule has 4 heterocycles. The Bertz CT molecular complexity index is 1030. The average Bonchev–Trinajstić information content (AvgIpc) is 3.11. The maximum atomic E-state index is 14.4. The third-order valence-corrected chi connectivity index (χ3v) is 5.56. The van der Waals surface area contributed by atoms with Gasteiger partial charge in [-0.15, -0.1) is 0 Å². The first kappa shape index (κ1) is 19.7. The van der Waals surface area contributed by atoms with Gasteiger partial charge in [0.1, 0.15) is 11.5 Å². The summed E-state index contributed by atoms with van der Waals surface area (Å²) in [5, 5.41) is 11.0. The van der Waals surface area contributed by atoms with E-state index in [0.29, 0.717) is 42.2 Å². The molecule has 0 unspecified atom stereocenters. The number of aromatic nitrogens is 4. The van der Waals surface area contributed by atoms with Gasteiger partial charge >= 0.3 is 0 Å². The number of rotatable bonds is 4. The lowest BCUT2D eigenvalue weighted by Crippen LogP contribution is -2.68. The summed E-state index contributed by atoms with van der Waals surface area (Å²) in [4.78, 5) is 10.9. The molecule has 29 heavy (non-hydrogen) atoms. The maximum Gasteiger partial charge on any atom is 0.272 e. The van der Waals surface area contributed by atoms with Crippen molar-refractivity contribution < 1.29 is 8.78 Å². The van der Waals surface area contributed by atoms with Crippen LogP contribution in [0.5, 0.6) is 0 Å². The molecule has 0 aliphatic carbocycles. The average molecular weight is 401 g/mol. The Kier molecular flexibility index (Phi) is 4.74. The molecule has 3 aromatic heterocycles. The van der Waals surface area contributed by atoms with Crippen LogP contribution in [-0.4, -0.2) is 45.5 Å². The first-order valence-corrected chi connectivity index (χ1v) is 9.67. The van der Waals surface area contributed by atoms with Gasteiger partial charge in [0, 0.05) is 37.2 Å². The first-order valence-electron chi connectivity index (χ1n) is 9.67. The molecule has 1 saturated heterocycles. The Morgan fingerprint density at radius 3 is 2.79 bits per heavy atom. The van der Waals surface area contributed by atoms with Crippen molar-refractivity contribution in [3.8, 4) is 11.4 Å². The number of pyridine rings is 2. The number of H-pyrrole nitrogens is 1. The minimum Gasteiger partial charge on any atom is -0.352 e. The molecule has 0 amide bonds. The predicted molar refractivity (Wildman–Crippen MR) is 109 cm³/mol. The Balaban J connectivity index is 1.82. The molecule has 4 N–H and O–H groups in total. The van der Waals surface area contributed by atoms with E-state index in [2.05, 4.69) is 39.3 Å². The van der Waals surface area contributed by atoms with E-state index in [4.69, 9.17) is 5.73 Å². The van der Waals surface area contributed by atoms with E-state index in [9.17, 15) is 8.78 Å². The number of nitrogens with one attached hydrogen (secondary N) is 2. The molecule has 0 saturated carbocycles. The molecule has 0 radical (unpaired) electrons. The number of hydrogen-bond acceptors (Lipinski definition) is 6. The third kappa shape index (κ3) is 3.56. The number of anilines is 1. The fourth-order valence-corrected chi connectivity index (χ4v) is 3.66. The smallest absolute Gasteiger partial charge is 0.272 e. The summed E-state index contributed by atoms with van der Waals surface area (Å²) in [6, 6.07) is 6.62. The fraction of sp³-hybridized carbons (Fsp3) is 0.450. The van der Waals surface area contributed by atoms with Crippen molar-refractivity contribution >= 4 is 16.9 Å². The highest BCUT2D eigenvalue weighted by molar-refractivity contribution is 5.90. The Hall–Kier alpha value is -2.65. The molecular formula is C20H25F2N7. The monoisotopic (exact) mass is 401 g/mol. The molecule has 154 valence electrons. The number of fused-ring (bicyclic) bond motifs is 1. The fourth-order valence-electron chi connectivity index (χ4n) is 3.66. The van der Waals surface area contributed by atoms with Gasteiger partial charge in [0.25, 0.3) is 5.92 Å². The van der Waals surface area contributed by atoms with Crippen LogP contribution in [0.3, 0.4) is 0 Å². The zero-order chi connectivity index (χ0) is 20.8. The second-order valence-corrected chi connectivity index (χ2v) is 7.97. The largest absolute Gasteiger partial charge is 0.352 e. The summed E-state index contributed by atoms with van der Waals surface area (Å²) in [6.45, 7) is 6.89. The molecule has 1 aliphatic heterocycles. The molecule has 0 bridgehead atoms. The highest BCUT2D eigenvalue weighted by Crippen LogP contribution is 2.37. The molecule has 7 nitrogen and oxygen atoms in total. The van der Waals surface area contributed by atoms with Crippen LogP contribution in [0.15, 0.2) is 30.5 Å². The minimum atomic E-state index is -3.06. The molecule has 0 aromatic carbocycles. The molecule has 0 spiro atoms. The number of alkyl halides is 2. The summed E-state index contributed by atoms with van der Waals surface area (Å²) >= 11 is 0. The molecule has 1 fully saturated rings. The maximum absolute atomic E-state index is 14.4. The molecule has 1 aliphatic rings. The van der Waals surface area contributed by atoms with Crippen LogP contribution in [0.25, 0.3) is 22.4 Å². The summed E-state index contributed by atoms with van der Waals surface area (Å²) < 4.78 is 28.8. The lowest BCUT2D eigenvalue weighted by atomic mass is 9.94. The van der Waals surface area contributed by atoms with Gasteiger partial charge in [0.2, 0.25) is 0 Å². The molecule has 1 atom stereocenters. The highest BCUT2D eigenvalue weighted by atomic mass is 19.3. The highest BCUT2D eigenvalue weighted by Gasteiger charge is 2.36. The predicted octanol–water partition coefficient (Wildman–Crippen LogP) is 2.85. The van der Waals surface area contributed by atoms with E-state index in [1.165, 1.54) is 6.07 Å². The second kappa shape index (κ2) is 7.00. The number of hydrogen-bond donors (Lipinski definition) is 3. The number of piperazine rings is 1. The van der Waals surface area contributed by atoms with Crippen molar-refractivity contribution in [3.05, 3.63) is 36.0 Å². The summed E-state index contributed by atoms with van der Waals surface area (Å²) in [5.41, 5.74) is 6.85. The van der Waals surface area contributed by atoms with E-state index in [-0.39, 0.29) is 17.2 Å². The Morgan fingerprint density at radius 1 is 1.28 bits per heavy atom. The molecule has 3 aromatic rings. The zero-order valence-electron chi connectivity index (χ0n) is 16.7. The van der Waals surface area contributed by atoms with E-state index in [1.807, 2.05) is 4.90 Å². The SMILES string of the molecule is CC(C)[C@@]1(N)CN(c2ccc(C(C)(F)F)c(-c3[nH]nc4ncccc34)n2)CCN1. The zero-order valence-corrected chi connectivity index (χ0v) is 16.7. The van der Waals surface area contributed by atoms with Gasteiger partial charge < -0.3 is 10.6 Å². The van der Waals surface area contributed by atoms with Crippen molar-refractivity contribution in [2.75, 3.05) is 24.5 Å². The van der Waals surface area contributed by atoms with Crippen LogP contribution in [0.2, 0.25) is 0 Å². The van der Waals surface area contributed by atoms with Gasteiger partial charge in [-0.3, -0.25) is 10.4 Å². The number of aromatic amines is 1. The lowest BCUT2D eigenvalue weighted by Gasteiger charge is -2.44. The van der Waals surface area contributed by atoms with Crippen molar-refractivity contribution in [2.24, 2.45) is 11.7 Å². The first-order chi connectivity index (χ1) is 13.7. The third-order valence-electron chi connectivity index (χ3n) is 5.56. The Morgan fingerprint density at radius 2 is 2.07 bits per heavy atom. The molecule has 9 heteroatoms. The van der Waals surface area contributed by atoms with Crippen molar-refractivity contribution in [3.63, 3.8) is 0 Å². The van der Waals surface area contributed by atoms with Gasteiger partial charge in [0.15, 0.2) is 5.65 Å². The molecule has 4 rings (SSSR count). The van der Waals surface area contributed by atoms with Crippen molar-refractivity contribution in [1.82, 2.24) is 25.5 Å². The van der Waals surface area contributed by atoms with E-state index >= 15 is 0 Å². The molecular weight excluding hydrogens is 376 g/mol. The Labute approximate surface area is 167 Å². The lowest BCUT2D eigenvalue weighted by molar-refractivity contribution is 0.0178. The summed E-state index contributed by atoms with van der Waals surface area (Å²) in [6.07, 6.45) is 1.61. The second-order valence-electron chi connectivity index (χ2n) is 7.97. The van der Waals surface area contributed by atoms with E-state index in [1.54, 1.807) is 24.4 Å². The number of nitrogens with zero attached hydrogens (tertiary/aromatic N) is 4. The van der Waals surface area contributed by atoms with Gasteiger partial charge in [-0.2, -0.15) is 5.10 Å². The van der Waals surface area contributed by atoms with Gasteiger partial charge in [-0.1, -0.05) is 13.8 Å². The van der Waals surface area contributed by atoms with Crippen molar-refractivity contribution in [2.45, 2.75) is 32.4 Å². The summed E-state index contributed by atoms with van der Waals surface area (Å²) in [7, 11) is 0. The normalized spacial score (nSPS) is 20.6. The van der Waals surface area contributed by atoms with Crippen LogP contribution in [0, 0.1) is 5.92 Å². The van der Waals surface area contributed by atoms with Gasteiger partial charge in [-0.05, 0) is 30.2 Å². The van der Waals surface area contributed by atoms with E-state index < -0.39 is 11.6 Å². The quantitative estimate of drug-likeness (QED) is 0.622. The van der Waals surface area contributed by atoms with Gasteiger partial charge in [0.05, 0.1) is 17.9 Å².